The molecule has 0 aliphatic carbocycles. The molecule has 3 aromatic rings. The minimum absolute atomic E-state index is 0.219. The van der Waals surface area contributed by atoms with Crippen molar-refractivity contribution in [2.24, 2.45) is 0 Å². The van der Waals surface area contributed by atoms with Crippen LogP contribution in [0.25, 0.3) is 0 Å². The number of amides is 1. The number of carbonyl (C=O) groups is 2. The number of ketones is 1. The van der Waals surface area contributed by atoms with E-state index < -0.39 is 0 Å². The molecule has 1 heterocycles. The van der Waals surface area contributed by atoms with Crippen LogP contribution in [0, 0.1) is 6.92 Å². The Balaban J connectivity index is 1.42. The number of hydrogen-bond donors (Lipinski definition) is 1. The summed E-state index contributed by atoms with van der Waals surface area (Å²) < 4.78 is 11.1. The topological polar surface area (TPSA) is 67.9 Å². The summed E-state index contributed by atoms with van der Waals surface area (Å²) in [4.78, 5) is 27.7. The third-order valence-electron chi connectivity index (χ3n) is 5.44. The number of benzene rings is 3. The first-order valence-electron chi connectivity index (χ1n) is 10.8. The molecule has 0 bridgehead atoms. The highest BCUT2D eigenvalue weighted by atomic mass is 35.5. The van der Waals surface area contributed by atoms with Gasteiger partial charge in [0.05, 0.1) is 18.8 Å². The summed E-state index contributed by atoms with van der Waals surface area (Å²) in [5.74, 6) is -0.226. The fraction of sp³-hybridized carbons (Fsp3) is 0.231. The van der Waals surface area contributed by atoms with Crippen LogP contribution in [0.2, 0.25) is 5.02 Å². The summed E-state index contributed by atoms with van der Waals surface area (Å²) in [6, 6.07) is 19.6. The molecule has 0 aromatic heterocycles. The fourth-order valence-electron chi connectivity index (χ4n) is 3.69. The van der Waals surface area contributed by atoms with Gasteiger partial charge >= 0.3 is 0 Å². The second kappa shape index (κ2) is 10.5. The number of hydrogen-bond acceptors (Lipinski definition) is 5. The highest BCUT2D eigenvalue weighted by Crippen LogP contribution is 2.26. The summed E-state index contributed by atoms with van der Waals surface area (Å²) >= 11 is 6.11. The van der Waals surface area contributed by atoms with E-state index in [1.807, 2.05) is 25.1 Å². The van der Waals surface area contributed by atoms with E-state index in [0.29, 0.717) is 35.1 Å². The van der Waals surface area contributed by atoms with Gasteiger partial charge in [-0.2, -0.15) is 0 Å². The zero-order valence-corrected chi connectivity index (χ0v) is 19.1. The second-order valence-corrected chi connectivity index (χ2v) is 8.21. The van der Waals surface area contributed by atoms with Crippen LogP contribution >= 0.6 is 11.6 Å². The minimum Gasteiger partial charge on any atom is -0.483 e. The van der Waals surface area contributed by atoms with Crippen molar-refractivity contribution in [3.63, 3.8) is 0 Å². The average Bonchev–Trinajstić information content (AvgIpc) is 2.85. The SMILES string of the molecule is Cc1cc(N2CCOCC2)ccc1NC(=O)COc1ccc(Cl)cc1C(=O)c1ccccc1. The number of aryl methyl sites for hydroxylation is 1. The second-order valence-electron chi connectivity index (χ2n) is 7.77. The van der Waals surface area contributed by atoms with E-state index in [2.05, 4.69) is 16.3 Å². The maximum Gasteiger partial charge on any atom is 0.262 e. The van der Waals surface area contributed by atoms with Gasteiger partial charge in [-0.25, -0.2) is 0 Å². The number of carbonyl (C=O) groups excluding carboxylic acids is 2. The lowest BCUT2D eigenvalue weighted by atomic mass is 10.0. The number of halogens is 1. The van der Waals surface area contributed by atoms with Crippen molar-refractivity contribution in [2.75, 3.05) is 43.1 Å². The van der Waals surface area contributed by atoms with Crippen molar-refractivity contribution in [1.82, 2.24) is 0 Å². The van der Waals surface area contributed by atoms with Gasteiger partial charge in [-0.3, -0.25) is 9.59 Å². The number of anilines is 2. The minimum atomic E-state index is -0.315. The fourth-order valence-corrected chi connectivity index (χ4v) is 3.86. The molecule has 0 saturated carbocycles. The Morgan fingerprint density at radius 3 is 2.52 bits per heavy atom. The first-order chi connectivity index (χ1) is 16.0. The number of morpholine rings is 1. The maximum absolute atomic E-state index is 12.9. The van der Waals surface area contributed by atoms with Crippen LogP contribution in [-0.4, -0.2) is 44.6 Å². The summed E-state index contributed by atoms with van der Waals surface area (Å²) in [5.41, 5.74) is 3.61. The van der Waals surface area contributed by atoms with Gasteiger partial charge < -0.3 is 19.7 Å². The monoisotopic (exact) mass is 464 g/mol. The summed E-state index contributed by atoms with van der Waals surface area (Å²) in [6.07, 6.45) is 0. The first kappa shape index (κ1) is 22.8. The Labute approximate surface area is 198 Å². The highest BCUT2D eigenvalue weighted by molar-refractivity contribution is 6.31. The Kier molecular flexibility index (Phi) is 7.27. The summed E-state index contributed by atoms with van der Waals surface area (Å²) in [6.45, 7) is 4.86. The molecule has 0 radical (unpaired) electrons. The molecule has 1 saturated heterocycles. The van der Waals surface area contributed by atoms with E-state index in [0.717, 1.165) is 30.0 Å². The predicted molar refractivity (Wildman–Crippen MR) is 130 cm³/mol. The largest absolute Gasteiger partial charge is 0.483 e. The molecule has 0 atom stereocenters. The van der Waals surface area contributed by atoms with Gasteiger partial charge in [0.2, 0.25) is 0 Å². The number of rotatable bonds is 7. The zero-order chi connectivity index (χ0) is 23.2. The van der Waals surface area contributed by atoms with Crippen LogP contribution in [0.3, 0.4) is 0 Å². The van der Waals surface area contributed by atoms with Crippen LogP contribution in [0.4, 0.5) is 11.4 Å². The van der Waals surface area contributed by atoms with E-state index in [9.17, 15) is 9.59 Å². The molecule has 3 aromatic carbocycles. The summed E-state index contributed by atoms with van der Waals surface area (Å²) in [5, 5.41) is 3.30. The van der Waals surface area contributed by atoms with E-state index >= 15 is 0 Å². The third-order valence-corrected chi connectivity index (χ3v) is 5.68. The van der Waals surface area contributed by atoms with E-state index in [1.54, 1.807) is 42.5 Å². The maximum atomic E-state index is 12.9. The third kappa shape index (κ3) is 5.72. The highest BCUT2D eigenvalue weighted by Gasteiger charge is 2.17. The molecule has 4 rings (SSSR count). The van der Waals surface area contributed by atoms with Gasteiger partial charge in [0.1, 0.15) is 5.75 Å². The van der Waals surface area contributed by atoms with Crippen molar-refractivity contribution >= 4 is 34.7 Å². The molecular weight excluding hydrogens is 440 g/mol. The normalized spacial score (nSPS) is 13.5. The number of ether oxygens (including phenoxy) is 2. The van der Waals surface area contributed by atoms with Gasteiger partial charge in [0, 0.05) is 35.1 Å². The van der Waals surface area contributed by atoms with Crippen LogP contribution in [0.15, 0.2) is 66.7 Å². The average molecular weight is 465 g/mol. The number of nitrogens with one attached hydrogen (secondary N) is 1. The molecule has 1 aliphatic rings. The summed E-state index contributed by atoms with van der Waals surface area (Å²) in [7, 11) is 0. The molecule has 33 heavy (non-hydrogen) atoms. The van der Waals surface area contributed by atoms with Crippen molar-refractivity contribution in [3.05, 3.63) is 88.4 Å². The van der Waals surface area contributed by atoms with Gasteiger partial charge in [0.25, 0.3) is 5.91 Å². The number of nitrogens with zero attached hydrogens (tertiary/aromatic N) is 1. The van der Waals surface area contributed by atoms with Crippen LogP contribution < -0.4 is 15.0 Å². The van der Waals surface area contributed by atoms with Crippen LogP contribution in [-0.2, 0) is 9.53 Å². The zero-order valence-electron chi connectivity index (χ0n) is 18.3. The van der Waals surface area contributed by atoms with Crippen molar-refractivity contribution in [3.8, 4) is 5.75 Å². The van der Waals surface area contributed by atoms with Gasteiger partial charge in [0.15, 0.2) is 12.4 Å². The smallest absolute Gasteiger partial charge is 0.262 e. The van der Waals surface area contributed by atoms with E-state index in [4.69, 9.17) is 21.1 Å². The first-order valence-corrected chi connectivity index (χ1v) is 11.1. The van der Waals surface area contributed by atoms with Gasteiger partial charge in [-0.15, -0.1) is 0 Å². The molecule has 0 unspecified atom stereocenters. The van der Waals surface area contributed by atoms with Crippen LogP contribution in [0.1, 0.15) is 21.5 Å². The standard InChI is InChI=1S/C26H25ClN2O4/c1-18-15-21(29-11-13-32-14-12-29)8-9-23(18)28-25(30)17-33-24-10-7-20(27)16-22(24)26(31)19-5-3-2-4-6-19/h2-10,15-16H,11-14,17H2,1H3,(H,28,30). The lowest BCUT2D eigenvalue weighted by molar-refractivity contribution is -0.118. The van der Waals surface area contributed by atoms with E-state index in [1.165, 1.54) is 0 Å². The Bertz CT molecular complexity index is 1140. The van der Waals surface area contributed by atoms with Crippen molar-refractivity contribution in [2.45, 2.75) is 6.92 Å². The molecule has 7 heteroatoms. The molecular formula is C26H25ClN2O4. The quantitative estimate of drug-likeness (QED) is 0.512. The Hall–Kier alpha value is -3.35. The molecule has 1 amide bonds. The molecule has 1 fully saturated rings. The molecule has 6 nitrogen and oxygen atoms in total. The lowest BCUT2D eigenvalue weighted by Crippen LogP contribution is -2.36. The lowest BCUT2D eigenvalue weighted by Gasteiger charge is -2.29. The van der Waals surface area contributed by atoms with Crippen molar-refractivity contribution < 1.29 is 19.1 Å². The molecule has 170 valence electrons. The van der Waals surface area contributed by atoms with Crippen LogP contribution in [0.5, 0.6) is 5.75 Å². The predicted octanol–water partition coefficient (Wildman–Crippen LogP) is 4.73. The van der Waals surface area contributed by atoms with E-state index in [-0.39, 0.29) is 18.3 Å². The van der Waals surface area contributed by atoms with Gasteiger partial charge in [-0.1, -0.05) is 41.9 Å². The van der Waals surface area contributed by atoms with Gasteiger partial charge in [-0.05, 0) is 48.9 Å². The Morgan fingerprint density at radius 2 is 1.79 bits per heavy atom. The Morgan fingerprint density at radius 1 is 1.03 bits per heavy atom. The molecule has 1 N–H and O–H groups in total. The van der Waals surface area contributed by atoms with Crippen molar-refractivity contribution in [1.29, 1.82) is 0 Å². The molecule has 1 aliphatic heterocycles. The molecule has 0 spiro atoms.